The molecule has 3 aromatic carbocycles. The molecule has 6 aromatic heterocycles. The van der Waals surface area contributed by atoms with E-state index in [4.69, 9.17) is 24.4 Å². The molecule has 0 aliphatic heterocycles. The number of aromatic nitrogens is 9. The number of carbonyl (C=O) groups excluding carboxylic acids is 3. The molecule has 0 atom stereocenters. The molecule has 0 saturated carbocycles. The number of rotatable bonds is 21. The van der Waals surface area contributed by atoms with Crippen molar-refractivity contribution in [1.29, 1.82) is 0 Å². The highest BCUT2D eigenvalue weighted by Crippen LogP contribution is 2.31. The van der Waals surface area contributed by atoms with Crippen LogP contribution in [0.1, 0.15) is 111 Å². The Kier molecular flexibility index (Phi) is 21.9. The smallest absolute Gasteiger partial charge is 0.228 e. The van der Waals surface area contributed by atoms with Crippen molar-refractivity contribution < 1.29 is 28.2 Å². The molecule has 0 aliphatic rings. The Labute approximate surface area is 493 Å². The molecule has 9 rings (SSSR count). The van der Waals surface area contributed by atoms with Crippen LogP contribution in [0.4, 0.5) is 4.39 Å². The number of fused-ring (bicyclic) bond motifs is 3. The van der Waals surface area contributed by atoms with Crippen molar-refractivity contribution in [3.63, 3.8) is 0 Å². The second-order valence-corrected chi connectivity index (χ2v) is 20.9. The van der Waals surface area contributed by atoms with Gasteiger partial charge in [0.25, 0.3) is 0 Å². The predicted molar refractivity (Wildman–Crippen MR) is 331 cm³/mol. The zero-order valence-corrected chi connectivity index (χ0v) is 51.6. The van der Waals surface area contributed by atoms with Crippen LogP contribution >= 0.6 is 0 Å². The maximum Gasteiger partial charge on any atom is 0.228 e. The van der Waals surface area contributed by atoms with Crippen LogP contribution in [-0.2, 0) is 33.6 Å². The molecule has 84 heavy (non-hydrogen) atoms. The molecule has 0 unspecified atom stereocenters. The van der Waals surface area contributed by atoms with E-state index in [9.17, 15) is 18.8 Å². The average Bonchev–Trinajstić information content (AvgIpc) is 3.78. The number of benzene rings is 3. The quantitative estimate of drug-likeness (QED) is 0.0671. The summed E-state index contributed by atoms with van der Waals surface area (Å²) in [5.74, 6) is 1.67. The minimum absolute atomic E-state index is 0.0275. The largest absolute Gasteiger partial charge is 0.494 e. The second kappa shape index (κ2) is 29.1. The lowest BCUT2D eigenvalue weighted by Crippen LogP contribution is -2.32. The number of ether oxygens (including phenoxy) is 2. The van der Waals surface area contributed by atoms with Gasteiger partial charge < -0.3 is 24.2 Å². The first-order valence-electron chi connectivity index (χ1n) is 29.4. The van der Waals surface area contributed by atoms with E-state index >= 15 is 0 Å². The molecule has 3 amide bonds. The molecule has 0 spiro atoms. The predicted octanol–water partition coefficient (Wildman–Crippen LogP) is 11.7. The van der Waals surface area contributed by atoms with Gasteiger partial charge in [0, 0.05) is 56.0 Å². The average molecular weight is 1140 g/mol. The van der Waals surface area contributed by atoms with Crippen molar-refractivity contribution in [3.8, 4) is 45.3 Å². The van der Waals surface area contributed by atoms with Gasteiger partial charge in [0.15, 0.2) is 16.9 Å². The number of alkyl halides is 1. The summed E-state index contributed by atoms with van der Waals surface area (Å²) in [5, 5.41) is 13.9. The number of likely N-dealkylation sites (N-methyl/N-ethyl adjacent to an activating group) is 3. The molecule has 17 nitrogen and oxygen atoms in total. The number of carbonyl (C=O) groups is 3. The van der Waals surface area contributed by atoms with E-state index in [1.807, 2.05) is 157 Å². The molecule has 6 heterocycles. The lowest BCUT2D eigenvalue weighted by atomic mass is 10.1. The number of hydrogen-bond donors (Lipinski definition) is 0. The van der Waals surface area contributed by atoms with Crippen molar-refractivity contribution in [2.45, 2.75) is 123 Å². The number of nitrogens with zero attached hydrogens (tertiary/aromatic N) is 12. The van der Waals surface area contributed by atoms with Gasteiger partial charge >= 0.3 is 0 Å². The molecule has 18 heteroatoms. The standard InChI is InChI=1S/C23H30N4O2.C22H27FN4O2.C21H26N4O/c1-6-13-29-19-11-9-18(10-12-19)22-20(15-21(28)26(7-2)8-3)27-23(24-22)16(4)14-17(5)25-27;1-5-26(6-2)20(28)14-19-21(17-7-9-18(10-8-17)29-12-11-23)24-22-15(3)13-16(4)25-27(19)22;1-6-24(7-2)19(26)13-18-20(17-10-8-14(3)9-11-17)22-21-15(4)12-16(5)23-25(18)21/h9-12,14H,6-8,13,15H2,1-5H3;7-10,13H,5-6,11-12,14H2,1-4H3;8-12H,6-7,13H2,1-5H3. The number of imidazole rings is 3. The highest BCUT2D eigenvalue weighted by Gasteiger charge is 2.25. The van der Waals surface area contributed by atoms with Crippen LogP contribution < -0.4 is 9.47 Å². The van der Waals surface area contributed by atoms with Gasteiger partial charge in [-0.15, -0.1) is 0 Å². The first-order valence-corrected chi connectivity index (χ1v) is 29.4. The molecular formula is C66H83FN12O5. The van der Waals surface area contributed by atoms with Crippen LogP contribution in [0.15, 0.2) is 91.0 Å². The summed E-state index contributed by atoms with van der Waals surface area (Å²) in [4.78, 5) is 58.5. The summed E-state index contributed by atoms with van der Waals surface area (Å²) in [7, 11) is 0. The Balaban J connectivity index is 0.000000181. The molecule has 0 N–H and O–H groups in total. The van der Waals surface area contributed by atoms with E-state index < -0.39 is 6.67 Å². The van der Waals surface area contributed by atoms with Crippen molar-refractivity contribution in [2.75, 3.05) is 59.2 Å². The minimum atomic E-state index is -0.532. The second-order valence-electron chi connectivity index (χ2n) is 20.9. The summed E-state index contributed by atoms with van der Waals surface area (Å²) < 4.78 is 28.8. The fourth-order valence-corrected chi connectivity index (χ4v) is 10.3. The summed E-state index contributed by atoms with van der Waals surface area (Å²) in [6, 6.07) is 29.5. The van der Waals surface area contributed by atoms with Gasteiger partial charge in [-0.05, 0) is 180 Å². The van der Waals surface area contributed by atoms with Gasteiger partial charge in [-0.3, -0.25) is 14.4 Å². The Morgan fingerprint density at radius 3 is 0.988 bits per heavy atom. The Morgan fingerprint density at radius 1 is 0.429 bits per heavy atom. The van der Waals surface area contributed by atoms with Crippen LogP contribution in [0.3, 0.4) is 0 Å². The number of amides is 3. The van der Waals surface area contributed by atoms with Crippen LogP contribution in [-0.4, -0.2) is 135 Å². The SMILES string of the molecule is CCCOc1ccc(-c2nc3c(C)cc(C)nn3c2CC(=O)N(CC)CC)cc1.CCN(CC)C(=O)Cc1c(-c2ccc(C)cc2)nc2c(C)cc(C)nn12.CCN(CC)C(=O)Cc1c(-c2ccc(OCCF)cc2)nc2c(C)cc(C)nn12. The molecular weight excluding hydrogens is 1060 g/mol. The van der Waals surface area contributed by atoms with Crippen molar-refractivity contribution >= 4 is 34.7 Å². The van der Waals surface area contributed by atoms with Gasteiger partial charge in [-0.25, -0.2) is 32.9 Å². The lowest BCUT2D eigenvalue weighted by Gasteiger charge is -2.18. The first kappa shape index (κ1) is 63.0. The van der Waals surface area contributed by atoms with Gasteiger partial charge in [0.05, 0.1) is 77.1 Å². The molecule has 0 radical (unpaired) electrons. The van der Waals surface area contributed by atoms with Crippen LogP contribution in [0, 0.1) is 48.5 Å². The normalized spacial score (nSPS) is 11.1. The highest BCUT2D eigenvalue weighted by atomic mass is 19.1. The molecule has 444 valence electrons. The summed E-state index contributed by atoms with van der Waals surface area (Å²) in [5.41, 5.74) is 17.0. The van der Waals surface area contributed by atoms with Gasteiger partial charge in [0.2, 0.25) is 17.7 Å². The zero-order valence-electron chi connectivity index (χ0n) is 51.6. The third-order valence-corrected chi connectivity index (χ3v) is 14.7. The van der Waals surface area contributed by atoms with Gasteiger partial charge in [-0.1, -0.05) is 36.8 Å². The van der Waals surface area contributed by atoms with Crippen molar-refractivity contribution in [2.24, 2.45) is 0 Å². The fourth-order valence-electron chi connectivity index (χ4n) is 10.3. The first-order chi connectivity index (χ1) is 40.4. The van der Waals surface area contributed by atoms with E-state index in [2.05, 4.69) is 53.4 Å². The maximum absolute atomic E-state index is 12.9. The van der Waals surface area contributed by atoms with Crippen LogP contribution in [0.2, 0.25) is 0 Å². The number of hydrogen-bond acceptors (Lipinski definition) is 11. The van der Waals surface area contributed by atoms with E-state index in [0.717, 1.165) is 114 Å². The van der Waals surface area contributed by atoms with Gasteiger partial charge in [0.1, 0.15) is 24.8 Å². The molecule has 0 saturated heterocycles. The third kappa shape index (κ3) is 14.8. The summed E-state index contributed by atoms with van der Waals surface area (Å²) in [6.07, 6.45) is 1.74. The number of aryl methyl sites for hydroxylation is 7. The molecule has 0 aliphatic carbocycles. The summed E-state index contributed by atoms with van der Waals surface area (Å²) >= 11 is 0. The van der Waals surface area contributed by atoms with E-state index in [-0.39, 0.29) is 37.2 Å². The van der Waals surface area contributed by atoms with Crippen LogP contribution in [0.25, 0.3) is 50.7 Å². The molecule has 9 aromatic rings. The topological polar surface area (TPSA) is 170 Å². The number of halogens is 1. The Morgan fingerprint density at radius 2 is 0.714 bits per heavy atom. The molecule has 0 bridgehead atoms. The van der Waals surface area contributed by atoms with E-state index in [1.54, 1.807) is 21.5 Å². The minimum Gasteiger partial charge on any atom is -0.494 e. The highest BCUT2D eigenvalue weighted by molar-refractivity contribution is 5.84. The lowest BCUT2D eigenvalue weighted by molar-refractivity contribution is -0.131. The fraction of sp³-hybridized carbons (Fsp3) is 0.409. The van der Waals surface area contributed by atoms with Gasteiger partial charge in [-0.2, -0.15) is 15.3 Å². The van der Waals surface area contributed by atoms with Crippen molar-refractivity contribution in [1.82, 2.24) is 58.5 Å². The van der Waals surface area contributed by atoms with Crippen LogP contribution in [0.5, 0.6) is 11.5 Å². The van der Waals surface area contributed by atoms with E-state index in [1.165, 1.54) is 5.56 Å². The monoisotopic (exact) mass is 1140 g/mol. The summed E-state index contributed by atoms with van der Waals surface area (Å²) in [6.45, 7) is 32.3. The third-order valence-electron chi connectivity index (χ3n) is 14.7. The molecule has 0 fully saturated rings. The Hall–Kier alpha value is -8.54. The Bertz CT molecular complexity index is 3530. The maximum atomic E-state index is 12.9. The van der Waals surface area contributed by atoms with Crippen molar-refractivity contribution in [3.05, 3.63) is 147 Å². The zero-order chi connectivity index (χ0) is 60.8. The van der Waals surface area contributed by atoms with E-state index in [0.29, 0.717) is 58.0 Å².